The Morgan fingerprint density at radius 3 is 2.88 bits per heavy atom. The van der Waals surface area contributed by atoms with Crippen molar-refractivity contribution in [2.45, 2.75) is 13.0 Å². The average molecular weight is 357 g/mol. The SMILES string of the molecule is COc1cccc(C)c1NC(=O)NC[C@H]1CN(S(C)(=O)=O)CCO1. The molecule has 1 atom stereocenters. The van der Waals surface area contributed by atoms with Gasteiger partial charge in [-0.25, -0.2) is 13.2 Å². The molecule has 0 bridgehead atoms. The third-order valence-electron chi connectivity index (χ3n) is 3.75. The Labute approximate surface area is 142 Å². The highest BCUT2D eigenvalue weighted by molar-refractivity contribution is 7.88. The molecular formula is C15H23N3O5S. The van der Waals surface area contributed by atoms with E-state index in [0.717, 1.165) is 5.56 Å². The van der Waals surface area contributed by atoms with Crippen LogP contribution in [0.2, 0.25) is 0 Å². The lowest BCUT2D eigenvalue weighted by molar-refractivity contribution is 0.00167. The Morgan fingerprint density at radius 1 is 1.46 bits per heavy atom. The summed E-state index contributed by atoms with van der Waals surface area (Å²) in [4.78, 5) is 12.1. The van der Waals surface area contributed by atoms with Gasteiger partial charge in [-0.05, 0) is 18.6 Å². The van der Waals surface area contributed by atoms with Crippen LogP contribution in [0.3, 0.4) is 0 Å². The fourth-order valence-electron chi connectivity index (χ4n) is 2.45. The number of para-hydroxylation sites is 1. The summed E-state index contributed by atoms with van der Waals surface area (Å²) in [5.74, 6) is 0.572. The number of nitrogens with zero attached hydrogens (tertiary/aromatic N) is 1. The van der Waals surface area contributed by atoms with Crippen molar-refractivity contribution in [2.75, 3.05) is 44.9 Å². The van der Waals surface area contributed by atoms with E-state index in [1.54, 1.807) is 6.07 Å². The minimum atomic E-state index is -3.25. The molecule has 1 aliphatic heterocycles. The van der Waals surface area contributed by atoms with Crippen molar-refractivity contribution in [3.63, 3.8) is 0 Å². The number of carbonyl (C=O) groups is 1. The second-order valence-corrected chi connectivity index (χ2v) is 7.58. The summed E-state index contributed by atoms with van der Waals surface area (Å²) in [6.07, 6.45) is 0.790. The van der Waals surface area contributed by atoms with Gasteiger partial charge in [0.05, 0.1) is 31.8 Å². The Balaban J connectivity index is 1.90. The lowest BCUT2D eigenvalue weighted by atomic mass is 10.2. The summed E-state index contributed by atoms with van der Waals surface area (Å²) < 4.78 is 35.2. The molecule has 0 saturated carbocycles. The highest BCUT2D eigenvalue weighted by atomic mass is 32.2. The predicted molar refractivity (Wildman–Crippen MR) is 90.9 cm³/mol. The molecule has 8 nitrogen and oxygen atoms in total. The van der Waals surface area contributed by atoms with E-state index in [2.05, 4.69) is 10.6 Å². The number of ether oxygens (including phenoxy) is 2. The second kappa shape index (κ2) is 7.82. The van der Waals surface area contributed by atoms with E-state index in [9.17, 15) is 13.2 Å². The summed E-state index contributed by atoms with van der Waals surface area (Å²) in [5.41, 5.74) is 1.47. The van der Waals surface area contributed by atoms with Gasteiger partial charge in [-0.2, -0.15) is 4.31 Å². The van der Waals surface area contributed by atoms with Crippen molar-refractivity contribution < 1.29 is 22.7 Å². The largest absolute Gasteiger partial charge is 0.495 e. The smallest absolute Gasteiger partial charge is 0.319 e. The number of sulfonamides is 1. The second-order valence-electron chi connectivity index (χ2n) is 5.60. The molecule has 9 heteroatoms. The summed E-state index contributed by atoms with van der Waals surface area (Å²) in [6.45, 7) is 2.96. The van der Waals surface area contributed by atoms with Crippen LogP contribution in [0.1, 0.15) is 5.56 Å². The van der Waals surface area contributed by atoms with Crippen molar-refractivity contribution in [3.05, 3.63) is 23.8 Å². The normalized spacial score (nSPS) is 18.9. The standard InChI is InChI=1S/C15H23N3O5S/c1-11-5-4-6-13(22-2)14(11)17-15(19)16-9-12-10-18(7-8-23-12)24(3,20)21/h4-6,12H,7-10H2,1-3H3,(H2,16,17,19)/t12-/m0/s1. The van der Waals surface area contributed by atoms with Crippen LogP contribution in [-0.4, -0.2) is 64.5 Å². The van der Waals surface area contributed by atoms with Crippen LogP contribution in [0.25, 0.3) is 0 Å². The Kier molecular flexibility index (Phi) is 6.03. The zero-order valence-electron chi connectivity index (χ0n) is 14.0. The van der Waals surface area contributed by atoms with E-state index < -0.39 is 16.1 Å². The maximum atomic E-state index is 12.1. The van der Waals surface area contributed by atoms with Gasteiger partial charge in [0.15, 0.2) is 0 Å². The van der Waals surface area contributed by atoms with Crippen LogP contribution in [0.5, 0.6) is 5.75 Å². The third-order valence-corrected chi connectivity index (χ3v) is 5.02. The highest BCUT2D eigenvalue weighted by Gasteiger charge is 2.26. The van der Waals surface area contributed by atoms with Gasteiger partial charge in [0.2, 0.25) is 10.0 Å². The van der Waals surface area contributed by atoms with Gasteiger partial charge in [-0.15, -0.1) is 0 Å². The number of aryl methyl sites for hydroxylation is 1. The first-order valence-electron chi connectivity index (χ1n) is 7.56. The molecular weight excluding hydrogens is 334 g/mol. The molecule has 0 aromatic heterocycles. The van der Waals surface area contributed by atoms with Gasteiger partial charge in [0.1, 0.15) is 5.75 Å². The molecule has 2 rings (SSSR count). The van der Waals surface area contributed by atoms with Crippen LogP contribution in [0.4, 0.5) is 10.5 Å². The third kappa shape index (κ3) is 4.83. The van der Waals surface area contributed by atoms with Crippen molar-refractivity contribution in [1.82, 2.24) is 9.62 Å². The monoisotopic (exact) mass is 357 g/mol. The van der Waals surface area contributed by atoms with E-state index in [1.807, 2.05) is 19.1 Å². The lowest BCUT2D eigenvalue weighted by Crippen LogP contribution is -2.49. The Bertz CT molecular complexity index is 692. The van der Waals surface area contributed by atoms with Crippen molar-refractivity contribution in [3.8, 4) is 5.75 Å². The van der Waals surface area contributed by atoms with Gasteiger partial charge >= 0.3 is 6.03 Å². The first kappa shape index (κ1) is 18.5. The number of benzene rings is 1. The van der Waals surface area contributed by atoms with E-state index in [1.165, 1.54) is 17.7 Å². The van der Waals surface area contributed by atoms with E-state index in [0.29, 0.717) is 24.6 Å². The highest BCUT2D eigenvalue weighted by Crippen LogP contribution is 2.27. The van der Waals surface area contributed by atoms with E-state index in [-0.39, 0.29) is 19.2 Å². The number of amides is 2. The molecule has 0 aliphatic carbocycles. The topological polar surface area (TPSA) is 97.0 Å². The summed E-state index contributed by atoms with van der Waals surface area (Å²) in [7, 11) is -1.72. The molecule has 1 aromatic rings. The number of hydrogen-bond acceptors (Lipinski definition) is 5. The van der Waals surface area contributed by atoms with Gasteiger partial charge < -0.3 is 20.1 Å². The quantitative estimate of drug-likeness (QED) is 0.812. The Morgan fingerprint density at radius 2 is 2.21 bits per heavy atom. The number of carbonyl (C=O) groups excluding carboxylic acids is 1. The summed E-state index contributed by atoms with van der Waals surface area (Å²) >= 11 is 0. The van der Waals surface area contributed by atoms with Crippen LogP contribution in [0, 0.1) is 6.92 Å². The molecule has 1 saturated heterocycles. The fraction of sp³-hybridized carbons (Fsp3) is 0.533. The molecule has 2 amide bonds. The van der Waals surface area contributed by atoms with E-state index >= 15 is 0 Å². The van der Waals surface area contributed by atoms with Crippen molar-refractivity contribution >= 4 is 21.7 Å². The Hall–Kier alpha value is -1.84. The number of methoxy groups -OCH3 is 1. The maximum Gasteiger partial charge on any atom is 0.319 e. The maximum absolute atomic E-state index is 12.1. The zero-order valence-corrected chi connectivity index (χ0v) is 14.9. The minimum absolute atomic E-state index is 0.214. The molecule has 1 aromatic carbocycles. The molecule has 0 unspecified atom stereocenters. The number of hydrogen-bond donors (Lipinski definition) is 2. The first-order valence-corrected chi connectivity index (χ1v) is 9.41. The average Bonchev–Trinajstić information content (AvgIpc) is 2.54. The summed E-state index contributed by atoms with van der Waals surface area (Å²) in [6, 6.07) is 5.07. The molecule has 2 N–H and O–H groups in total. The number of anilines is 1. The van der Waals surface area contributed by atoms with Gasteiger partial charge in [0.25, 0.3) is 0 Å². The molecule has 24 heavy (non-hydrogen) atoms. The van der Waals surface area contributed by atoms with Crippen molar-refractivity contribution in [2.24, 2.45) is 0 Å². The van der Waals surface area contributed by atoms with Crippen LogP contribution in [-0.2, 0) is 14.8 Å². The number of morpholine rings is 1. The number of rotatable bonds is 5. The van der Waals surface area contributed by atoms with Crippen LogP contribution in [0.15, 0.2) is 18.2 Å². The van der Waals surface area contributed by atoms with Gasteiger partial charge in [-0.3, -0.25) is 0 Å². The lowest BCUT2D eigenvalue weighted by Gasteiger charge is -2.31. The molecule has 1 fully saturated rings. The summed E-state index contributed by atoms with van der Waals surface area (Å²) in [5, 5.41) is 5.45. The number of nitrogens with one attached hydrogen (secondary N) is 2. The number of urea groups is 1. The predicted octanol–water partition coefficient (Wildman–Crippen LogP) is 0.786. The first-order chi connectivity index (χ1) is 11.3. The molecule has 1 aliphatic rings. The molecule has 0 radical (unpaired) electrons. The van der Waals surface area contributed by atoms with Crippen LogP contribution < -0.4 is 15.4 Å². The molecule has 134 valence electrons. The van der Waals surface area contributed by atoms with Gasteiger partial charge in [-0.1, -0.05) is 12.1 Å². The van der Waals surface area contributed by atoms with Crippen LogP contribution >= 0.6 is 0 Å². The van der Waals surface area contributed by atoms with Gasteiger partial charge in [0, 0.05) is 19.6 Å². The fourth-order valence-corrected chi connectivity index (χ4v) is 3.30. The molecule has 1 heterocycles. The molecule has 0 spiro atoms. The zero-order chi connectivity index (χ0) is 17.7. The van der Waals surface area contributed by atoms with E-state index in [4.69, 9.17) is 9.47 Å². The van der Waals surface area contributed by atoms with Crippen molar-refractivity contribution in [1.29, 1.82) is 0 Å². The minimum Gasteiger partial charge on any atom is -0.495 e.